The molecule has 0 spiro atoms. The van der Waals surface area contributed by atoms with Gasteiger partial charge in [-0.3, -0.25) is 14.4 Å². The van der Waals surface area contributed by atoms with Gasteiger partial charge in [0.15, 0.2) is 0 Å². The Kier molecular flexibility index (Phi) is 6.11. The molecule has 2 aliphatic rings. The number of carbonyl (C=O) groups is 3. The van der Waals surface area contributed by atoms with Crippen LogP contribution in [0.15, 0.2) is 24.3 Å². The van der Waals surface area contributed by atoms with E-state index in [1.807, 2.05) is 0 Å². The van der Waals surface area contributed by atoms with Crippen molar-refractivity contribution < 1.29 is 19.1 Å². The van der Waals surface area contributed by atoms with Gasteiger partial charge in [0.1, 0.15) is 0 Å². The first-order chi connectivity index (χ1) is 13.0. The minimum atomic E-state index is -0.148. The smallest absolute Gasteiger partial charge is 0.251 e. The number of hydrogen-bond donors (Lipinski definition) is 3. The summed E-state index contributed by atoms with van der Waals surface area (Å²) in [5.41, 5.74) is 1.21. The maximum Gasteiger partial charge on any atom is 0.251 e. The lowest BCUT2D eigenvalue weighted by Gasteiger charge is -2.43. The first-order valence-electron chi connectivity index (χ1n) is 9.43. The Morgan fingerprint density at radius 3 is 2.63 bits per heavy atom. The number of amides is 3. The number of nitrogens with one attached hydrogen (secondary N) is 3. The number of rotatable bonds is 5. The van der Waals surface area contributed by atoms with Gasteiger partial charge in [-0.2, -0.15) is 0 Å². The van der Waals surface area contributed by atoms with Crippen LogP contribution in [-0.4, -0.2) is 43.5 Å². The molecule has 4 atom stereocenters. The van der Waals surface area contributed by atoms with Gasteiger partial charge in [0.25, 0.3) is 5.91 Å². The summed E-state index contributed by atoms with van der Waals surface area (Å²) in [7, 11) is 1.67. The molecule has 1 aromatic carbocycles. The van der Waals surface area contributed by atoms with Crippen molar-refractivity contribution in [2.24, 2.45) is 11.8 Å². The van der Waals surface area contributed by atoms with Crippen LogP contribution in [0.5, 0.6) is 0 Å². The lowest BCUT2D eigenvalue weighted by Crippen LogP contribution is -2.56. The highest BCUT2D eigenvalue weighted by Gasteiger charge is 2.40. The Balaban J connectivity index is 1.58. The van der Waals surface area contributed by atoms with E-state index >= 15 is 0 Å². The van der Waals surface area contributed by atoms with Crippen LogP contribution in [0.3, 0.4) is 0 Å². The van der Waals surface area contributed by atoms with Crippen molar-refractivity contribution in [2.75, 3.05) is 19.0 Å². The summed E-state index contributed by atoms with van der Waals surface area (Å²) in [5.74, 6) is 0.451. The van der Waals surface area contributed by atoms with Crippen molar-refractivity contribution in [1.82, 2.24) is 10.6 Å². The van der Waals surface area contributed by atoms with Crippen molar-refractivity contribution in [3.63, 3.8) is 0 Å². The zero-order chi connectivity index (χ0) is 19.4. The Morgan fingerprint density at radius 1 is 1.22 bits per heavy atom. The Morgan fingerprint density at radius 2 is 1.96 bits per heavy atom. The second kappa shape index (κ2) is 8.52. The van der Waals surface area contributed by atoms with Gasteiger partial charge in [-0.25, -0.2) is 0 Å². The summed E-state index contributed by atoms with van der Waals surface area (Å²) in [5, 5.41) is 8.85. The number of hydrogen-bond acceptors (Lipinski definition) is 4. The fourth-order valence-corrected chi connectivity index (χ4v) is 4.28. The summed E-state index contributed by atoms with van der Waals surface area (Å²) < 4.78 is 5.29. The summed E-state index contributed by atoms with van der Waals surface area (Å²) in [4.78, 5) is 35.6. The van der Waals surface area contributed by atoms with Crippen LogP contribution in [0.2, 0.25) is 0 Å². The van der Waals surface area contributed by atoms with Crippen molar-refractivity contribution in [3.05, 3.63) is 29.8 Å². The largest absolute Gasteiger partial charge is 0.384 e. The first-order valence-corrected chi connectivity index (χ1v) is 9.43. The Bertz CT molecular complexity index is 704. The third kappa shape index (κ3) is 4.86. The van der Waals surface area contributed by atoms with E-state index in [1.54, 1.807) is 31.4 Å². The number of anilines is 1. The number of methoxy groups -OCH3 is 1. The van der Waals surface area contributed by atoms with E-state index in [4.69, 9.17) is 4.74 Å². The Hall–Kier alpha value is -2.41. The highest BCUT2D eigenvalue weighted by Crippen LogP contribution is 2.35. The van der Waals surface area contributed by atoms with E-state index in [0.717, 1.165) is 19.3 Å². The fraction of sp³-hybridized carbons (Fsp3) is 0.550. The predicted molar refractivity (Wildman–Crippen MR) is 101 cm³/mol. The van der Waals surface area contributed by atoms with Crippen LogP contribution >= 0.6 is 0 Å². The van der Waals surface area contributed by atoms with Crippen LogP contribution in [0.25, 0.3) is 0 Å². The lowest BCUT2D eigenvalue weighted by molar-refractivity contribution is -0.128. The van der Waals surface area contributed by atoms with Crippen LogP contribution < -0.4 is 16.0 Å². The minimum Gasteiger partial charge on any atom is -0.384 e. The molecule has 2 fully saturated rings. The molecular formula is C20H27N3O4. The van der Waals surface area contributed by atoms with Gasteiger partial charge in [0.2, 0.25) is 11.8 Å². The maximum absolute atomic E-state index is 12.5. The molecule has 1 heterocycles. The second-order valence-corrected chi connectivity index (χ2v) is 7.50. The first kappa shape index (κ1) is 19.4. The summed E-state index contributed by atoms with van der Waals surface area (Å²) >= 11 is 0. The zero-order valence-corrected chi connectivity index (χ0v) is 15.8. The molecule has 0 radical (unpaired) electrons. The second-order valence-electron chi connectivity index (χ2n) is 7.50. The highest BCUT2D eigenvalue weighted by atomic mass is 16.5. The minimum absolute atomic E-state index is 0.0374. The van der Waals surface area contributed by atoms with Gasteiger partial charge in [-0.15, -0.1) is 0 Å². The normalized spacial score (nSPS) is 27.3. The summed E-state index contributed by atoms with van der Waals surface area (Å²) in [6, 6.07) is 6.95. The van der Waals surface area contributed by atoms with Crippen LogP contribution in [0, 0.1) is 11.8 Å². The van der Waals surface area contributed by atoms with E-state index in [1.165, 1.54) is 6.92 Å². The molecule has 3 amide bonds. The zero-order valence-electron chi connectivity index (χ0n) is 15.8. The van der Waals surface area contributed by atoms with E-state index in [0.29, 0.717) is 30.2 Å². The molecule has 3 rings (SSSR count). The molecule has 7 nitrogen and oxygen atoms in total. The molecule has 146 valence electrons. The molecule has 1 aliphatic carbocycles. The molecule has 0 bridgehead atoms. The molecule has 4 unspecified atom stereocenters. The lowest BCUT2D eigenvalue weighted by atomic mass is 9.71. The van der Waals surface area contributed by atoms with Crippen molar-refractivity contribution >= 4 is 23.4 Å². The molecule has 7 heteroatoms. The van der Waals surface area contributed by atoms with Gasteiger partial charge in [-0.05, 0) is 55.4 Å². The number of piperidine rings is 1. The van der Waals surface area contributed by atoms with Gasteiger partial charge in [0, 0.05) is 50.4 Å². The molecule has 1 aliphatic heterocycles. The van der Waals surface area contributed by atoms with Crippen molar-refractivity contribution in [2.45, 2.75) is 44.7 Å². The quantitative estimate of drug-likeness (QED) is 0.732. The molecular weight excluding hydrogens is 346 g/mol. The number of benzene rings is 1. The van der Waals surface area contributed by atoms with Crippen molar-refractivity contribution in [1.29, 1.82) is 0 Å². The summed E-state index contributed by atoms with van der Waals surface area (Å²) in [6.45, 7) is 2.05. The van der Waals surface area contributed by atoms with Gasteiger partial charge in [-0.1, -0.05) is 0 Å². The average molecular weight is 373 g/mol. The molecule has 0 aromatic heterocycles. The van der Waals surface area contributed by atoms with Gasteiger partial charge < -0.3 is 20.7 Å². The van der Waals surface area contributed by atoms with Crippen LogP contribution in [0.4, 0.5) is 5.69 Å². The molecule has 1 saturated heterocycles. The molecule has 1 saturated carbocycles. The Labute approximate surface area is 159 Å². The maximum atomic E-state index is 12.5. The molecule has 3 N–H and O–H groups in total. The van der Waals surface area contributed by atoms with E-state index in [-0.39, 0.29) is 35.7 Å². The average Bonchev–Trinajstić information content (AvgIpc) is 2.61. The SMILES string of the molecule is COCC1CC(=O)NC2CC(NC(=O)c3ccc(NC(C)=O)cc3)CCC12. The van der Waals surface area contributed by atoms with Crippen molar-refractivity contribution in [3.8, 4) is 0 Å². The third-order valence-electron chi connectivity index (χ3n) is 5.49. The standard InChI is InChI=1S/C20H27N3O4/c1-12(24)21-15-5-3-13(4-6-15)20(26)22-16-7-8-17-14(11-27-2)9-19(25)23-18(17)10-16/h3-6,14,16-18H,7-11H2,1-2H3,(H,21,24)(H,22,26)(H,23,25). The number of ether oxygens (including phenoxy) is 1. The van der Waals surface area contributed by atoms with Gasteiger partial charge >= 0.3 is 0 Å². The van der Waals surface area contributed by atoms with E-state index in [9.17, 15) is 14.4 Å². The highest BCUT2D eigenvalue weighted by molar-refractivity contribution is 5.95. The van der Waals surface area contributed by atoms with E-state index < -0.39 is 0 Å². The fourth-order valence-electron chi connectivity index (χ4n) is 4.28. The monoisotopic (exact) mass is 373 g/mol. The number of fused-ring (bicyclic) bond motifs is 1. The topological polar surface area (TPSA) is 96.5 Å². The predicted octanol–water partition coefficient (Wildman–Crippen LogP) is 1.69. The molecule has 1 aromatic rings. The number of carbonyl (C=O) groups excluding carboxylic acids is 3. The summed E-state index contributed by atoms with van der Waals surface area (Å²) in [6.07, 6.45) is 3.12. The van der Waals surface area contributed by atoms with E-state index in [2.05, 4.69) is 16.0 Å². The van der Waals surface area contributed by atoms with Gasteiger partial charge in [0.05, 0.1) is 0 Å². The van der Waals surface area contributed by atoms with Crippen LogP contribution in [-0.2, 0) is 14.3 Å². The van der Waals surface area contributed by atoms with Crippen LogP contribution in [0.1, 0.15) is 43.0 Å². The third-order valence-corrected chi connectivity index (χ3v) is 5.49. The molecule has 27 heavy (non-hydrogen) atoms.